The van der Waals surface area contributed by atoms with Crippen LogP contribution >= 0.6 is 0 Å². The van der Waals surface area contributed by atoms with Gasteiger partial charge >= 0.3 is 0 Å². The van der Waals surface area contributed by atoms with Gasteiger partial charge in [-0.25, -0.2) is 0 Å². The Morgan fingerprint density at radius 2 is 1.58 bits per heavy atom. The van der Waals surface area contributed by atoms with Gasteiger partial charge in [-0.05, 0) is 41.2 Å². The normalized spacial score (nSPS) is 16.8. The minimum atomic E-state index is 0.0656. The minimum absolute atomic E-state index is 0.0656. The molecule has 1 aliphatic heterocycles. The van der Waals surface area contributed by atoms with Crippen LogP contribution in [0.1, 0.15) is 49.1 Å². The van der Waals surface area contributed by atoms with Crippen molar-refractivity contribution in [1.82, 2.24) is 5.32 Å². The summed E-state index contributed by atoms with van der Waals surface area (Å²) in [5.41, 5.74) is 4.96. The first kappa shape index (κ1) is 18.6. The van der Waals surface area contributed by atoms with Crippen molar-refractivity contribution < 1.29 is 14.2 Å². The molecule has 1 unspecified atom stereocenters. The lowest BCUT2D eigenvalue weighted by atomic mass is 9.82. The number of ether oxygens (including phenoxy) is 3. The largest absolute Gasteiger partial charge is 0.496 e. The highest BCUT2D eigenvalue weighted by Gasteiger charge is 2.29. The smallest absolute Gasteiger partial charge is 0.164 e. The van der Waals surface area contributed by atoms with Crippen LogP contribution in [0.25, 0.3) is 0 Å². The Labute approximate surface area is 156 Å². The molecule has 0 bridgehead atoms. The Hall–Kier alpha value is -2.20. The van der Waals surface area contributed by atoms with Gasteiger partial charge in [-0.3, -0.25) is 0 Å². The van der Waals surface area contributed by atoms with Crippen molar-refractivity contribution in [2.24, 2.45) is 0 Å². The third-order valence-electron chi connectivity index (χ3n) is 5.13. The molecule has 4 nitrogen and oxygen atoms in total. The predicted octanol–water partition coefficient (Wildman–Crippen LogP) is 4.25. The molecule has 1 atom stereocenters. The van der Waals surface area contributed by atoms with Gasteiger partial charge in [0.15, 0.2) is 11.5 Å². The van der Waals surface area contributed by atoms with Gasteiger partial charge in [-0.1, -0.05) is 32.9 Å². The number of nitrogens with one attached hydrogen (secondary N) is 1. The minimum Gasteiger partial charge on any atom is -0.496 e. The van der Waals surface area contributed by atoms with Crippen molar-refractivity contribution >= 4 is 0 Å². The van der Waals surface area contributed by atoms with Crippen LogP contribution in [0.5, 0.6) is 17.2 Å². The van der Waals surface area contributed by atoms with E-state index in [4.69, 9.17) is 14.2 Å². The molecule has 1 aliphatic rings. The monoisotopic (exact) mass is 355 g/mol. The average molecular weight is 355 g/mol. The molecule has 4 heteroatoms. The summed E-state index contributed by atoms with van der Waals surface area (Å²) in [6, 6.07) is 10.7. The maximum atomic E-state index is 5.69. The third-order valence-corrected chi connectivity index (χ3v) is 5.13. The molecule has 3 rings (SSSR count). The fourth-order valence-corrected chi connectivity index (χ4v) is 3.69. The number of hydrogen-bond acceptors (Lipinski definition) is 4. The lowest BCUT2D eigenvalue weighted by Crippen LogP contribution is -2.31. The quantitative estimate of drug-likeness (QED) is 0.890. The van der Waals surface area contributed by atoms with Crippen molar-refractivity contribution in [1.29, 1.82) is 0 Å². The van der Waals surface area contributed by atoms with Gasteiger partial charge in [0.2, 0.25) is 0 Å². The molecule has 140 valence electrons. The van der Waals surface area contributed by atoms with E-state index in [0.717, 1.165) is 35.8 Å². The van der Waals surface area contributed by atoms with Crippen molar-refractivity contribution in [3.05, 3.63) is 52.6 Å². The van der Waals surface area contributed by atoms with E-state index in [1.54, 1.807) is 21.3 Å². The van der Waals surface area contributed by atoms with E-state index in [2.05, 4.69) is 50.4 Å². The third kappa shape index (κ3) is 3.26. The zero-order valence-electron chi connectivity index (χ0n) is 16.6. The molecule has 0 aliphatic carbocycles. The maximum Gasteiger partial charge on any atom is 0.164 e. The molecule has 1 heterocycles. The van der Waals surface area contributed by atoms with Gasteiger partial charge in [0.1, 0.15) is 5.75 Å². The molecule has 0 radical (unpaired) electrons. The molecule has 26 heavy (non-hydrogen) atoms. The second-order valence-electron chi connectivity index (χ2n) is 7.71. The van der Waals surface area contributed by atoms with Crippen LogP contribution in [0.4, 0.5) is 0 Å². The van der Waals surface area contributed by atoms with Crippen LogP contribution < -0.4 is 19.5 Å². The standard InChI is InChI=1S/C22H29NO3/c1-22(2,3)14-7-9-18(24-4)17(13-14)20-15-8-10-19(25-5)21(26-6)16(15)11-12-23-20/h7-10,13,20,23H,11-12H2,1-6H3. The van der Waals surface area contributed by atoms with Crippen molar-refractivity contribution in [2.45, 2.75) is 38.6 Å². The number of rotatable bonds is 4. The second kappa shape index (κ2) is 7.20. The fourth-order valence-electron chi connectivity index (χ4n) is 3.69. The summed E-state index contributed by atoms with van der Waals surface area (Å²) >= 11 is 0. The van der Waals surface area contributed by atoms with Gasteiger partial charge < -0.3 is 19.5 Å². The highest BCUT2D eigenvalue weighted by atomic mass is 16.5. The molecule has 0 saturated carbocycles. The molecule has 0 spiro atoms. The van der Waals surface area contributed by atoms with E-state index in [0.29, 0.717) is 0 Å². The summed E-state index contributed by atoms with van der Waals surface area (Å²) < 4.78 is 16.8. The molecule has 0 aromatic heterocycles. The highest BCUT2D eigenvalue weighted by molar-refractivity contribution is 5.56. The molecule has 1 N–H and O–H groups in total. The summed E-state index contributed by atoms with van der Waals surface area (Å²) in [5.74, 6) is 2.52. The van der Waals surface area contributed by atoms with E-state index in [1.807, 2.05) is 6.07 Å². The van der Waals surface area contributed by atoms with E-state index in [-0.39, 0.29) is 11.5 Å². The number of hydrogen-bond donors (Lipinski definition) is 1. The summed E-state index contributed by atoms with van der Waals surface area (Å²) in [4.78, 5) is 0. The Morgan fingerprint density at radius 3 is 2.19 bits per heavy atom. The molecule has 2 aromatic rings. The molecule has 0 saturated heterocycles. The van der Waals surface area contributed by atoms with Gasteiger partial charge in [0.25, 0.3) is 0 Å². The van der Waals surface area contributed by atoms with Crippen molar-refractivity contribution in [3.63, 3.8) is 0 Å². The van der Waals surface area contributed by atoms with Crippen molar-refractivity contribution in [2.75, 3.05) is 27.9 Å². The summed E-state index contributed by atoms with van der Waals surface area (Å²) in [7, 11) is 5.11. The summed E-state index contributed by atoms with van der Waals surface area (Å²) in [5, 5.41) is 3.66. The summed E-state index contributed by atoms with van der Waals surface area (Å²) in [6.45, 7) is 7.57. The Morgan fingerprint density at radius 1 is 0.885 bits per heavy atom. The zero-order chi connectivity index (χ0) is 18.9. The van der Waals surface area contributed by atoms with E-state index in [9.17, 15) is 0 Å². The Kier molecular flexibility index (Phi) is 5.15. The number of fused-ring (bicyclic) bond motifs is 1. The maximum absolute atomic E-state index is 5.69. The van der Waals surface area contributed by atoms with Crippen LogP contribution in [-0.2, 0) is 11.8 Å². The Bertz CT molecular complexity index is 793. The van der Waals surface area contributed by atoms with Gasteiger partial charge in [-0.2, -0.15) is 0 Å². The van der Waals surface area contributed by atoms with E-state index < -0.39 is 0 Å². The predicted molar refractivity (Wildman–Crippen MR) is 105 cm³/mol. The average Bonchev–Trinajstić information content (AvgIpc) is 2.65. The number of methoxy groups -OCH3 is 3. The zero-order valence-corrected chi connectivity index (χ0v) is 16.6. The van der Waals surface area contributed by atoms with E-state index in [1.165, 1.54) is 16.7 Å². The molecule has 0 amide bonds. The van der Waals surface area contributed by atoms with Gasteiger partial charge in [-0.15, -0.1) is 0 Å². The van der Waals surface area contributed by atoms with Crippen LogP contribution in [0.3, 0.4) is 0 Å². The first-order valence-electron chi connectivity index (χ1n) is 9.06. The highest BCUT2D eigenvalue weighted by Crippen LogP contribution is 2.42. The fraction of sp³-hybridized carbons (Fsp3) is 0.455. The topological polar surface area (TPSA) is 39.7 Å². The van der Waals surface area contributed by atoms with Gasteiger partial charge in [0.05, 0.1) is 27.4 Å². The van der Waals surface area contributed by atoms with Crippen LogP contribution in [0.2, 0.25) is 0 Å². The molecular formula is C22H29NO3. The number of benzene rings is 2. The van der Waals surface area contributed by atoms with Gasteiger partial charge in [0, 0.05) is 17.7 Å². The summed E-state index contributed by atoms with van der Waals surface area (Å²) in [6.07, 6.45) is 0.910. The first-order chi connectivity index (χ1) is 12.4. The van der Waals surface area contributed by atoms with Crippen LogP contribution in [0, 0.1) is 0 Å². The lowest BCUT2D eigenvalue weighted by molar-refractivity contribution is 0.348. The lowest BCUT2D eigenvalue weighted by Gasteiger charge is -2.31. The Balaban J connectivity index is 2.16. The van der Waals surface area contributed by atoms with Crippen LogP contribution in [-0.4, -0.2) is 27.9 Å². The molecule has 2 aromatic carbocycles. The first-order valence-corrected chi connectivity index (χ1v) is 9.06. The molecular weight excluding hydrogens is 326 g/mol. The van der Waals surface area contributed by atoms with E-state index >= 15 is 0 Å². The second-order valence-corrected chi connectivity index (χ2v) is 7.71. The SMILES string of the molecule is COc1ccc(C(C)(C)C)cc1C1NCCc2c1ccc(OC)c2OC. The van der Waals surface area contributed by atoms with Crippen LogP contribution in [0.15, 0.2) is 30.3 Å². The van der Waals surface area contributed by atoms with Crippen molar-refractivity contribution in [3.8, 4) is 17.2 Å². The molecule has 0 fully saturated rings.